The highest BCUT2D eigenvalue weighted by atomic mass is 19.1. The molecule has 3 aromatic rings. The predicted molar refractivity (Wildman–Crippen MR) is 111 cm³/mol. The van der Waals surface area contributed by atoms with Gasteiger partial charge in [-0.15, -0.1) is 0 Å². The van der Waals surface area contributed by atoms with Gasteiger partial charge in [-0.3, -0.25) is 25.2 Å². The van der Waals surface area contributed by atoms with Gasteiger partial charge in [0.1, 0.15) is 5.82 Å². The summed E-state index contributed by atoms with van der Waals surface area (Å²) in [6.45, 7) is 5.26. The molecule has 1 heterocycles. The van der Waals surface area contributed by atoms with E-state index >= 15 is 0 Å². The molecule has 0 bridgehead atoms. The van der Waals surface area contributed by atoms with Gasteiger partial charge in [0.05, 0.1) is 11.4 Å². The third-order valence-electron chi connectivity index (χ3n) is 4.71. The number of nitrogens with one attached hydrogen (secondary N) is 2. The van der Waals surface area contributed by atoms with Gasteiger partial charge in [0.2, 0.25) is 5.91 Å². The van der Waals surface area contributed by atoms with Crippen LogP contribution in [0.25, 0.3) is 10.8 Å². The zero-order valence-corrected chi connectivity index (χ0v) is 17.0. The summed E-state index contributed by atoms with van der Waals surface area (Å²) in [4.78, 5) is 37.7. The molecule has 0 radical (unpaired) electrons. The number of halogens is 1. The molecule has 0 aliphatic carbocycles. The van der Waals surface area contributed by atoms with Crippen LogP contribution in [0.15, 0.2) is 53.3 Å². The lowest BCUT2D eigenvalue weighted by molar-refractivity contribution is -0.125. The molecule has 3 rings (SSSR count). The van der Waals surface area contributed by atoms with Crippen molar-refractivity contribution < 1.29 is 14.0 Å². The van der Waals surface area contributed by atoms with Crippen LogP contribution in [-0.2, 0) is 11.2 Å². The summed E-state index contributed by atoms with van der Waals surface area (Å²) >= 11 is 0. The zero-order chi connectivity index (χ0) is 21.8. The predicted octanol–water partition coefficient (Wildman–Crippen LogP) is 2.76. The average Bonchev–Trinajstić information content (AvgIpc) is 2.72. The molecule has 2 amide bonds. The van der Waals surface area contributed by atoms with Crippen LogP contribution in [0.2, 0.25) is 0 Å². The number of carbonyl (C=O) groups is 2. The summed E-state index contributed by atoms with van der Waals surface area (Å²) in [5, 5.41) is 4.97. The summed E-state index contributed by atoms with van der Waals surface area (Å²) in [6.07, 6.45) is 0.318. The minimum atomic E-state index is -0.632. The molecule has 0 aliphatic heterocycles. The fourth-order valence-electron chi connectivity index (χ4n) is 3.14. The molecule has 0 saturated heterocycles. The Balaban J connectivity index is 1.76. The van der Waals surface area contributed by atoms with Crippen LogP contribution in [0, 0.1) is 11.7 Å². The van der Waals surface area contributed by atoms with Crippen molar-refractivity contribution in [2.75, 3.05) is 0 Å². The van der Waals surface area contributed by atoms with Crippen molar-refractivity contribution >= 4 is 22.6 Å². The highest BCUT2D eigenvalue weighted by Crippen LogP contribution is 2.15. The van der Waals surface area contributed by atoms with Crippen molar-refractivity contribution in [3.63, 3.8) is 0 Å². The van der Waals surface area contributed by atoms with E-state index in [2.05, 4.69) is 16.0 Å². The van der Waals surface area contributed by atoms with Gasteiger partial charge in [-0.2, -0.15) is 5.10 Å². The fourth-order valence-corrected chi connectivity index (χ4v) is 3.14. The number of hydrogen-bond donors (Lipinski definition) is 2. The molecular weight excluding hydrogens is 387 g/mol. The normalized spacial score (nSPS) is 12.0. The number of aromatic nitrogens is 2. The van der Waals surface area contributed by atoms with E-state index in [1.807, 2.05) is 0 Å². The molecule has 0 spiro atoms. The van der Waals surface area contributed by atoms with E-state index in [4.69, 9.17) is 0 Å². The van der Waals surface area contributed by atoms with Crippen LogP contribution in [0.3, 0.4) is 0 Å². The molecule has 30 heavy (non-hydrogen) atoms. The Morgan fingerprint density at radius 3 is 2.40 bits per heavy atom. The number of nitrogens with zero attached hydrogens (tertiary/aromatic N) is 2. The van der Waals surface area contributed by atoms with Crippen LogP contribution in [0.5, 0.6) is 0 Å². The zero-order valence-electron chi connectivity index (χ0n) is 17.0. The number of fused-ring (bicyclic) bond motifs is 1. The van der Waals surface area contributed by atoms with Gasteiger partial charge in [0, 0.05) is 11.3 Å². The van der Waals surface area contributed by atoms with Crippen molar-refractivity contribution in [2.24, 2.45) is 5.92 Å². The number of rotatable bonds is 5. The van der Waals surface area contributed by atoms with Crippen LogP contribution in [-0.4, -0.2) is 21.6 Å². The quantitative estimate of drug-likeness (QED) is 0.633. The van der Waals surface area contributed by atoms with Crippen LogP contribution in [0.1, 0.15) is 42.9 Å². The average molecular weight is 410 g/mol. The van der Waals surface area contributed by atoms with E-state index in [0.717, 1.165) is 0 Å². The second-order valence-electron chi connectivity index (χ2n) is 7.42. The lowest BCUT2D eigenvalue weighted by Gasteiger charge is -2.15. The van der Waals surface area contributed by atoms with E-state index in [1.54, 1.807) is 57.2 Å². The van der Waals surface area contributed by atoms with Crippen molar-refractivity contribution in [1.29, 1.82) is 0 Å². The Hall–Kier alpha value is -3.55. The van der Waals surface area contributed by atoms with E-state index in [-0.39, 0.29) is 23.1 Å². The molecule has 2 N–H and O–H groups in total. The molecule has 0 fully saturated rings. The van der Waals surface area contributed by atoms with Gasteiger partial charge in [0.15, 0.2) is 5.69 Å². The standard InChI is InChI=1S/C22H23FN4O3/c1-13(2)27-22(30)18-10-5-4-9-17(18)19(26-27)21(29)25-24-20(28)14(3)11-15-7-6-8-16(23)12-15/h4-10,12-14H,11H2,1-3H3,(H,24,28)(H,25,29). The summed E-state index contributed by atoms with van der Waals surface area (Å²) in [6, 6.07) is 12.5. The van der Waals surface area contributed by atoms with Crippen LogP contribution >= 0.6 is 0 Å². The molecule has 1 atom stereocenters. The smallest absolute Gasteiger partial charge is 0.273 e. The minimum absolute atomic E-state index is 0.0389. The van der Waals surface area contributed by atoms with Crippen molar-refractivity contribution in [1.82, 2.24) is 20.6 Å². The van der Waals surface area contributed by atoms with Gasteiger partial charge in [-0.05, 0) is 44.0 Å². The second kappa shape index (κ2) is 8.86. The van der Waals surface area contributed by atoms with Crippen molar-refractivity contribution in [2.45, 2.75) is 33.2 Å². The Morgan fingerprint density at radius 2 is 1.73 bits per heavy atom. The summed E-state index contributed by atoms with van der Waals surface area (Å²) < 4.78 is 14.6. The topological polar surface area (TPSA) is 93.1 Å². The van der Waals surface area contributed by atoms with Gasteiger partial charge in [-0.25, -0.2) is 9.07 Å². The second-order valence-corrected chi connectivity index (χ2v) is 7.42. The molecule has 1 aromatic heterocycles. The number of amides is 2. The maximum atomic E-state index is 13.3. The van der Waals surface area contributed by atoms with E-state index in [1.165, 1.54) is 16.8 Å². The lowest BCUT2D eigenvalue weighted by atomic mass is 10.0. The van der Waals surface area contributed by atoms with Gasteiger partial charge in [-0.1, -0.05) is 37.3 Å². The Bertz CT molecular complexity index is 1160. The first-order chi connectivity index (χ1) is 14.3. The van der Waals surface area contributed by atoms with E-state index in [0.29, 0.717) is 22.8 Å². The summed E-state index contributed by atoms with van der Waals surface area (Å²) in [7, 11) is 0. The molecule has 7 nitrogen and oxygen atoms in total. The monoisotopic (exact) mass is 410 g/mol. The number of hydrazine groups is 1. The van der Waals surface area contributed by atoms with Crippen LogP contribution < -0.4 is 16.4 Å². The first kappa shape index (κ1) is 21.2. The number of benzene rings is 2. The van der Waals surface area contributed by atoms with E-state index < -0.39 is 17.7 Å². The third-order valence-corrected chi connectivity index (χ3v) is 4.71. The molecule has 0 aliphatic rings. The van der Waals surface area contributed by atoms with Gasteiger partial charge >= 0.3 is 0 Å². The molecule has 0 saturated carbocycles. The maximum Gasteiger partial charge on any atom is 0.290 e. The first-order valence-electron chi connectivity index (χ1n) is 9.64. The molecule has 1 unspecified atom stereocenters. The Kier molecular flexibility index (Phi) is 6.25. The van der Waals surface area contributed by atoms with E-state index in [9.17, 15) is 18.8 Å². The Morgan fingerprint density at radius 1 is 1.03 bits per heavy atom. The van der Waals surface area contributed by atoms with Crippen molar-refractivity contribution in [3.8, 4) is 0 Å². The fraction of sp³-hybridized carbons (Fsp3) is 0.273. The van der Waals surface area contributed by atoms with Crippen molar-refractivity contribution in [3.05, 3.63) is 76.0 Å². The first-order valence-corrected chi connectivity index (χ1v) is 9.64. The number of hydrogen-bond acceptors (Lipinski definition) is 4. The SMILES string of the molecule is CC(Cc1cccc(F)c1)C(=O)NNC(=O)c1nn(C(C)C)c(=O)c2ccccc12. The molecule has 2 aromatic carbocycles. The summed E-state index contributed by atoms with van der Waals surface area (Å²) in [5.74, 6) is -1.92. The highest BCUT2D eigenvalue weighted by molar-refractivity contribution is 6.05. The van der Waals surface area contributed by atoms with Gasteiger partial charge < -0.3 is 0 Å². The summed E-state index contributed by atoms with van der Waals surface area (Å²) in [5.41, 5.74) is 5.18. The Labute approximate surface area is 172 Å². The van der Waals surface area contributed by atoms with Crippen LogP contribution in [0.4, 0.5) is 4.39 Å². The highest BCUT2D eigenvalue weighted by Gasteiger charge is 2.20. The lowest BCUT2D eigenvalue weighted by Crippen LogP contribution is -2.45. The van der Waals surface area contributed by atoms with Gasteiger partial charge in [0.25, 0.3) is 11.5 Å². The third kappa shape index (κ3) is 4.53. The minimum Gasteiger partial charge on any atom is -0.273 e. The maximum absolute atomic E-state index is 13.3. The molecular formula is C22H23FN4O3. The number of carbonyl (C=O) groups excluding carboxylic acids is 2. The largest absolute Gasteiger partial charge is 0.290 e. The molecule has 156 valence electrons. The molecule has 8 heteroatoms.